The molecule has 1 saturated heterocycles. The van der Waals surface area contributed by atoms with Crippen LogP contribution in [-0.2, 0) is 4.79 Å². The van der Waals surface area contributed by atoms with Gasteiger partial charge in [-0.3, -0.25) is 4.79 Å². The Hall–Kier alpha value is -1.06. The standard InChI is InChI=1S/C16H24N2O.ClH/c1-11(2)14-6-4-5-7-15(14)18-16(19)13-8-9-17-12(3)10-13;/h4-7,11-13,17H,8-10H2,1-3H3,(H,18,19);1H/t12-,13-;/m0./s1. The maximum Gasteiger partial charge on any atom is 0.227 e. The molecule has 2 rings (SSSR count). The fraction of sp³-hybridized carbons (Fsp3) is 0.562. The number of anilines is 1. The van der Waals surface area contributed by atoms with Gasteiger partial charge in [0, 0.05) is 17.6 Å². The topological polar surface area (TPSA) is 41.1 Å². The lowest BCUT2D eigenvalue weighted by Crippen LogP contribution is -2.40. The molecule has 0 bridgehead atoms. The highest BCUT2D eigenvalue weighted by Gasteiger charge is 2.25. The molecule has 0 radical (unpaired) electrons. The molecule has 20 heavy (non-hydrogen) atoms. The molecule has 1 fully saturated rings. The average molecular weight is 297 g/mol. The molecule has 0 saturated carbocycles. The molecule has 0 unspecified atom stereocenters. The monoisotopic (exact) mass is 296 g/mol. The smallest absolute Gasteiger partial charge is 0.227 e. The van der Waals surface area contributed by atoms with Crippen LogP contribution in [0.3, 0.4) is 0 Å². The molecule has 0 aromatic heterocycles. The predicted molar refractivity (Wildman–Crippen MR) is 86.6 cm³/mol. The molecular formula is C16H25ClN2O. The van der Waals surface area contributed by atoms with E-state index >= 15 is 0 Å². The zero-order valence-corrected chi connectivity index (χ0v) is 13.3. The van der Waals surface area contributed by atoms with E-state index in [1.54, 1.807) is 0 Å². The van der Waals surface area contributed by atoms with Gasteiger partial charge in [0.1, 0.15) is 0 Å². The Morgan fingerprint density at radius 2 is 2.05 bits per heavy atom. The zero-order valence-electron chi connectivity index (χ0n) is 12.5. The molecule has 1 aromatic rings. The maximum absolute atomic E-state index is 12.3. The number of halogens is 1. The number of rotatable bonds is 3. The lowest BCUT2D eigenvalue weighted by molar-refractivity contribution is -0.120. The molecule has 1 heterocycles. The summed E-state index contributed by atoms with van der Waals surface area (Å²) in [6.45, 7) is 7.38. The zero-order chi connectivity index (χ0) is 13.8. The van der Waals surface area contributed by atoms with E-state index in [0.717, 1.165) is 25.1 Å². The van der Waals surface area contributed by atoms with Gasteiger partial charge in [0.25, 0.3) is 0 Å². The lowest BCUT2D eigenvalue weighted by atomic mass is 9.92. The Morgan fingerprint density at radius 1 is 1.35 bits per heavy atom. The van der Waals surface area contributed by atoms with E-state index in [1.807, 2.05) is 18.2 Å². The Morgan fingerprint density at radius 3 is 2.70 bits per heavy atom. The van der Waals surface area contributed by atoms with Crippen LogP contribution in [0.15, 0.2) is 24.3 Å². The van der Waals surface area contributed by atoms with Crippen LogP contribution in [0, 0.1) is 5.92 Å². The van der Waals surface area contributed by atoms with Crippen molar-refractivity contribution >= 4 is 24.0 Å². The molecule has 1 aliphatic rings. The third-order valence-corrected chi connectivity index (χ3v) is 3.84. The summed E-state index contributed by atoms with van der Waals surface area (Å²) in [5.41, 5.74) is 2.17. The van der Waals surface area contributed by atoms with Crippen LogP contribution in [-0.4, -0.2) is 18.5 Å². The highest BCUT2D eigenvalue weighted by atomic mass is 35.5. The minimum atomic E-state index is 0. The largest absolute Gasteiger partial charge is 0.326 e. The first kappa shape index (κ1) is 17.0. The van der Waals surface area contributed by atoms with Crippen LogP contribution in [0.1, 0.15) is 45.1 Å². The van der Waals surface area contributed by atoms with Crippen molar-refractivity contribution in [3.8, 4) is 0 Å². The van der Waals surface area contributed by atoms with E-state index in [4.69, 9.17) is 0 Å². The minimum absolute atomic E-state index is 0. The van der Waals surface area contributed by atoms with Crippen molar-refractivity contribution < 1.29 is 4.79 Å². The van der Waals surface area contributed by atoms with Crippen LogP contribution in [0.2, 0.25) is 0 Å². The van der Waals surface area contributed by atoms with Crippen molar-refractivity contribution in [3.05, 3.63) is 29.8 Å². The highest BCUT2D eigenvalue weighted by molar-refractivity contribution is 5.93. The number of piperidine rings is 1. The molecular weight excluding hydrogens is 272 g/mol. The summed E-state index contributed by atoms with van der Waals surface area (Å²) in [6.07, 6.45) is 1.86. The quantitative estimate of drug-likeness (QED) is 0.895. The van der Waals surface area contributed by atoms with Gasteiger partial charge in [-0.1, -0.05) is 32.0 Å². The molecule has 112 valence electrons. The fourth-order valence-corrected chi connectivity index (χ4v) is 2.72. The Kier molecular flexibility index (Phi) is 6.50. The van der Waals surface area contributed by atoms with E-state index in [2.05, 4.69) is 37.5 Å². The number of hydrogen-bond acceptors (Lipinski definition) is 2. The molecule has 2 N–H and O–H groups in total. The number of benzene rings is 1. The molecule has 0 aliphatic carbocycles. The number of para-hydroxylation sites is 1. The van der Waals surface area contributed by atoms with Crippen molar-refractivity contribution in [1.82, 2.24) is 5.32 Å². The van der Waals surface area contributed by atoms with Crippen LogP contribution in [0.25, 0.3) is 0 Å². The summed E-state index contributed by atoms with van der Waals surface area (Å²) in [6, 6.07) is 8.53. The lowest BCUT2D eigenvalue weighted by Gasteiger charge is -2.27. The van der Waals surface area contributed by atoms with Gasteiger partial charge in [0.15, 0.2) is 0 Å². The van der Waals surface area contributed by atoms with Crippen molar-refractivity contribution in [1.29, 1.82) is 0 Å². The van der Waals surface area contributed by atoms with Crippen molar-refractivity contribution in [2.45, 2.75) is 45.6 Å². The van der Waals surface area contributed by atoms with Gasteiger partial charge in [-0.15, -0.1) is 12.4 Å². The second kappa shape index (κ2) is 7.65. The van der Waals surface area contributed by atoms with Crippen LogP contribution >= 0.6 is 12.4 Å². The van der Waals surface area contributed by atoms with E-state index in [0.29, 0.717) is 12.0 Å². The molecule has 2 atom stereocenters. The third kappa shape index (κ3) is 4.22. The number of carbonyl (C=O) groups excluding carboxylic acids is 1. The number of amides is 1. The first-order chi connectivity index (χ1) is 9.08. The van der Waals surface area contributed by atoms with E-state index in [1.165, 1.54) is 5.56 Å². The van der Waals surface area contributed by atoms with Gasteiger partial charge in [-0.25, -0.2) is 0 Å². The van der Waals surface area contributed by atoms with Crippen molar-refractivity contribution in [2.24, 2.45) is 5.92 Å². The molecule has 1 amide bonds. The third-order valence-electron chi connectivity index (χ3n) is 3.84. The van der Waals surface area contributed by atoms with Crippen molar-refractivity contribution in [2.75, 3.05) is 11.9 Å². The van der Waals surface area contributed by atoms with Gasteiger partial charge in [-0.2, -0.15) is 0 Å². The Labute approximate surface area is 127 Å². The van der Waals surface area contributed by atoms with Gasteiger partial charge in [0.05, 0.1) is 0 Å². The maximum atomic E-state index is 12.3. The SMILES string of the molecule is CC(C)c1ccccc1NC(=O)[C@H]1CCN[C@@H](C)C1.Cl. The summed E-state index contributed by atoms with van der Waals surface area (Å²) in [4.78, 5) is 12.3. The van der Waals surface area contributed by atoms with Crippen molar-refractivity contribution in [3.63, 3.8) is 0 Å². The summed E-state index contributed by atoms with van der Waals surface area (Å²) in [5.74, 6) is 0.723. The molecule has 1 aliphatic heterocycles. The Bertz CT molecular complexity index is 448. The summed E-state index contributed by atoms with van der Waals surface area (Å²) >= 11 is 0. The number of nitrogens with one attached hydrogen (secondary N) is 2. The first-order valence-corrected chi connectivity index (χ1v) is 7.21. The van der Waals surface area contributed by atoms with E-state index in [9.17, 15) is 4.79 Å². The average Bonchev–Trinajstić information content (AvgIpc) is 2.39. The fourth-order valence-electron chi connectivity index (χ4n) is 2.72. The predicted octanol–water partition coefficient (Wildman–Crippen LogP) is 3.56. The number of hydrogen-bond donors (Lipinski definition) is 2. The van der Waals surface area contributed by atoms with Crippen LogP contribution < -0.4 is 10.6 Å². The summed E-state index contributed by atoms with van der Waals surface area (Å²) < 4.78 is 0. The Balaban J connectivity index is 0.00000200. The second-order valence-electron chi connectivity index (χ2n) is 5.81. The molecule has 4 heteroatoms. The van der Waals surface area contributed by atoms with Crippen LogP contribution in [0.5, 0.6) is 0 Å². The van der Waals surface area contributed by atoms with Gasteiger partial charge < -0.3 is 10.6 Å². The minimum Gasteiger partial charge on any atom is -0.326 e. The highest BCUT2D eigenvalue weighted by Crippen LogP contribution is 2.25. The number of carbonyl (C=O) groups is 1. The van der Waals surface area contributed by atoms with E-state index in [-0.39, 0.29) is 24.2 Å². The van der Waals surface area contributed by atoms with Crippen LogP contribution in [0.4, 0.5) is 5.69 Å². The normalized spacial score (nSPS) is 22.2. The van der Waals surface area contributed by atoms with Gasteiger partial charge >= 0.3 is 0 Å². The first-order valence-electron chi connectivity index (χ1n) is 7.21. The second-order valence-corrected chi connectivity index (χ2v) is 5.81. The van der Waals surface area contributed by atoms with E-state index < -0.39 is 0 Å². The van der Waals surface area contributed by atoms with Gasteiger partial charge in [-0.05, 0) is 43.9 Å². The molecule has 3 nitrogen and oxygen atoms in total. The van der Waals surface area contributed by atoms with Gasteiger partial charge in [0.2, 0.25) is 5.91 Å². The summed E-state index contributed by atoms with van der Waals surface area (Å²) in [5, 5.41) is 6.50. The molecule has 0 spiro atoms. The summed E-state index contributed by atoms with van der Waals surface area (Å²) in [7, 11) is 0. The molecule has 1 aromatic carbocycles.